The Morgan fingerprint density at radius 3 is 2.45 bits per heavy atom. The first-order chi connectivity index (χ1) is 9.32. The number of Topliss-reactive ketones (excluding diaryl/α,β-unsaturated/α-hetero) is 1. The summed E-state index contributed by atoms with van der Waals surface area (Å²) in [5.74, 6) is -0.936. The van der Waals surface area contributed by atoms with Crippen molar-refractivity contribution >= 4 is 11.5 Å². The summed E-state index contributed by atoms with van der Waals surface area (Å²) in [5.41, 5.74) is 4.00. The normalized spacial score (nSPS) is 22.0. The highest BCUT2D eigenvalue weighted by Crippen LogP contribution is 2.36. The second-order valence-corrected chi connectivity index (χ2v) is 4.78. The van der Waals surface area contributed by atoms with Gasteiger partial charge in [0, 0.05) is 11.5 Å². The van der Waals surface area contributed by atoms with Crippen molar-refractivity contribution in [3.05, 3.63) is 53.6 Å². The SMILES string of the molecule is CC1C=CC=CC1C(=O)c1cccc(C(F)(F)F)c1N. The van der Waals surface area contributed by atoms with Crippen molar-refractivity contribution in [1.29, 1.82) is 0 Å². The Labute approximate surface area is 114 Å². The molecular weight excluding hydrogens is 267 g/mol. The van der Waals surface area contributed by atoms with Gasteiger partial charge < -0.3 is 5.73 Å². The average Bonchev–Trinajstić information content (AvgIpc) is 2.37. The summed E-state index contributed by atoms with van der Waals surface area (Å²) >= 11 is 0. The Kier molecular flexibility index (Phi) is 3.70. The van der Waals surface area contributed by atoms with Crippen LogP contribution < -0.4 is 5.73 Å². The van der Waals surface area contributed by atoms with E-state index in [1.807, 2.05) is 19.1 Å². The summed E-state index contributed by atoms with van der Waals surface area (Å²) in [7, 11) is 0. The van der Waals surface area contributed by atoms with E-state index in [0.717, 1.165) is 6.07 Å². The number of ketones is 1. The smallest absolute Gasteiger partial charge is 0.398 e. The van der Waals surface area contributed by atoms with E-state index in [1.165, 1.54) is 12.1 Å². The van der Waals surface area contributed by atoms with Crippen LogP contribution in [-0.4, -0.2) is 5.78 Å². The van der Waals surface area contributed by atoms with Crippen LogP contribution in [0.2, 0.25) is 0 Å². The van der Waals surface area contributed by atoms with Crippen molar-refractivity contribution in [1.82, 2.24) is 0 Å². The molecule has 2 nitrogen and oxygen atoms in total. The number of hydrogen-bond acceptors (Lipinski definition) is 2. The lowest BCUT2D eigenvalue weighted by molar-refractivity contribution is -0.136. The Bertz CT molecular complexity index is 587. The summed E-state index contributed by atoms with van der Waals surface area (Å²) in [6.45, 7) is 1.84. The van der Waals surface area contributed by atoms with Gasteiger partial charge in [-0.3, -0.25) is 4.79 Å². The Morgan fingerprint density at radius 1 is 1.20 bits per heavy atom. The molecule has 1 aromatic rings. The number of nitrogen functional groups attached to an aromatic ring is 1. The molecule has 5 heteroatoms. The standard InChI is InChI=1S/C15H14F3NO/c1-9-5-2-3-6-10(9)14(20)11-7-4-8-12(13(11)19)15(16,17)18/h2-10H,19H2,1H3. The monoisotopic (exact) mass is 281 g/mol. The van der Waals surface area contributed by atoms with Gasteiger partial charge in [0.05, 0.1) is 11.3 Å². The highest BCUT2D eigenvalue weighted by molar-refractivity contribution is 6.04. The minimum absolute atomic E-state index is 0.0681. The van der Waals surface area contributed by atoms with Gasteiger partial charge in [0.1, 0.15) is 0 Å². The Hall–Kier alpha value is -2.04. The van der Waals surface area contributed by atoms with Crippen molar-refractivity contribution in [3.8, 4) is 0 Å². The summed E-state index contributed by atoms with van der Waals surface area (Å²) in [5, 5.41) is 0. The van der Waals surface area contributed by atoms with Gasteiger partial charge in [0.25, 0.3) is 0 Å². The van der Waals surface area contributed by atoms with Crippen LogP contribution in [0.4, 0.5) is 18.9 Å². The topological polar surface area (TPSA) is 43.1 Å². The Balaban J connectivity index is 2.41. The Morgan fingerprint density at radius 2 is 1.85 bits per heavy atom. The van der Waals surface area contributed by atoms with Gasteiger partial charge in [-0.15, -0.1) is 0 Å². The van der Waals surface area contributed by atoms with Crippen LogP contribution in [-0.2, 0) is 6.18 Å². The number of anilines is 1. The molecule has 20 heavy (non-hydrogen) atoms. The van der Waals surface area contributed by atoms with Gasteiger partial charge >= 0.3 is 6.18 Å². The lowest BCUT2D eigenvalue weighted by Crippen LogP contribution is -2.22. The molecule has 0 saturated carbocycles. The molecule has 0 radical (unpaired) electrons. The predicted octanol–water partition coefficient (Wildman–Crippen LogP) is 3.85. The third-order valence-corrected chi connectivity index (χ3v) is 3.39. The molecule has 0 heterocycles. The van der Waals surface area contributed by atoms with E-state index in [-0.39, 0.29) is 17.3 Å². The molecule has 2 atom stereocenters. The van der Waals surface area contributed by atoms with Crippen LogP contribution >= 0.6 is 0 Å². The minimum Gasteiger partial charge on any atom is -0.398 e. The van der Waals surface area contributed by atoms with E-state index in [1.54, 1.807) is 12.2 Å². The summed E-state index contributed by atoms with van der Waals surface area (Å²) in [6.07, 6.45) is 2.49. The fourth-order valence-electron chi connectivity index (χ4n) is 2.25. The van der Waals surface area contributed by atoms with Crippen molar-refractivity contribution in [2.75, 3.05) is 5.73 Å². The van der Waals surface area contributed by atoms with Gasteiger partial charge in [-0.05, 0) is 18.1 Å². The van der Waals surface area contributed by atoms with Crippen LogP contribution in [0.1, 0.15) is 22.8 Å². The molecule has 0 bridgehead atoms. The highest BCUT2D eigenvalue weighted by atomic mass is 19.4. The molecule has 0 spiro atoms. The zero-order valence-corrected chi connectivity index (χ0v) is 10.8. The molecule has 2 N–H and O–H groups in total. The van der Waals surface area contributed by atoms with Crippen LogP contribution in [0.25, 0.3) is 0 Å². The highest BCUT2D eigenvalue weighted by Gasteiger charge is 2.35. The molecule has 1 aliphatic carbocycles. The predicted molar refractivity (Wildman–Crippen MR) is 71.1 cm³/mol. The maximum Gasteiger partial charge on any atom is 0.418 e. The molecule has 0 aromatic heterocycles. The van der Waals surface area contributed by atoms with Gasteiger partial charge in [0.15, 0.2) is 5.78 Å². The minimum atomic E-state index is -4.56. The van der Waals surface area contributed by atoms with Gasteiger partial charge in [-0.2, -0.15) is 13.2 Å². The number of alkyl halides is 3. The number of hydrogen-bond donors (Lipinski definition) is 1. The first kappa shape index (κ1) is 14.4. The van der Waals surface area contributed by atoms with Crippen LogP contribution in [0.15, 0.2) is 42.5 Å². The van der Waals surface area contributed by atoms with E-state index in [4.69, 9.17) is 5.73 Å². The van der Waals surface area contributed by atoms with Crippen molar-refractivity contribution in [3.63, 3.8) is 0 Å². The molecule has 0 saturated heterocycles. The number of para-hydroxylation sites is 1. The van der Waals surface area contributed by atoms with Gasteiger partial charge in [0.2, 0.25) is 0 Å². The second-order valence-electron chi connectivity index (χ2n) is 4.78. The molecule has 106 valence electrons. The average molecular weight is 281 g/mol. The maximum absolute atomic E-state index is 12.8. The lowest BCUT2D eigenvalue weighted by atomic mass is 9.83. The second kappa shape index (κ2) is 5.15. The number of carbonyl (C=O) groups is 1. The van der Waals surface area contributed by atoms with Gasteiger partial charge in [-0.25, -0.2) is 0 Å². The van der Waals surface area contributed by atoms with Crippen LogP contribution in [0.3, 0.4) is 0 Å². The van der Waals surface area contributed by atoms with E-state index >= 15 is 0 Å². The number of benzene rings is 1. The van der Waals surface area contributed by atoms with Crippen molar-refractivity contribution in [2.24, 2.45) is 11.8 Å². The van der Waals surface area contributed by atoms with E-state index in [9.17, 15) is 18.0 Å². The van der Waals surface area contributed by atoms with E-state index < -0.39 is 23.3 Å². The number of carbonyl (C=O) groups excluding carboxylic acids is 1. The molecule has 2 rings (SSSR count). The van der Waals surface area contributed by atoms with Crippen molar-refractivity contribution in [2.45, 2.75) is 13.1 Å². The van der Waals surface area contributed by atoms with E-state index in [0.29, 0.717) is 0 Å². The maximum atomic E-state index is 12.8. The summed E-state index contributed by atoms with van der Waals surface area (Å²) < 4.78 is 38.4. The molecule has 1 aromatic carbocycles. The third-order valence-electron chi connectivity index (χ3n) is 3.39. The zero-order chi connectivity index (χ0) is 14.9. The summed E-state index contributed by atoms with van der Waals surface area (Å²) in [4.78, 5) is 12.4. The first-order valence-corrected chi connectivity index (χ1v) is 6.17. The fourth-order valence-corrected chi connectivity index (χ4v) is 2.25. The molecular formula is C15H14F3NO. The van der Waals surface area contributed by atoms with Crippen LogP contribution in [0.5, 0.6) is 0 Å². The zero-order valence-electron chi connectivity index (χ0n) is 10.8. The molecule has 0 aliphatic heterocycles. The first-order valence-electron chi connectivity index (χ1n) is 6.17. The largest absolute Gasteiger partial charge is 0.418 e. The molecule has 0 fully saturated rings. The number of halogens is 3. The lowest BCUT2D eigenvalue weighted by Gasteiger charge is -2.21. The van der Waals surface area contributed by atoms with Crippen molar-refractivity contribution < 1.29 is 18.0 Å². The molecule has 2 unspecified atom stereocenters. The van der Waals surface area contributed by atoms with Crippen LogP contribution in [0, 0.1) is 11.8 Å². The van der Waals surface area contributed by atoms with E-state index in [2.05, 4.69) is 0 Å². The fraction of sp³-hybridized carbons (Fsp3) is 0.267. The molecule has 0 amide bonds. The number of nitrogens with two attached hydrogens (primary N) is 1. The van der Waals surface area contributed by atoms with Gasteiger partial charge in [-0.1, -0.05) is 37.3 Å². The quantitative estimate of drug-likeness (QED) is 0.661. The number of allylic oxidation sites excluding steroid dienone is 4. The molecule has 1 aliphatic rings. The number of rotatable bonds is 2. The third kappa shape index (κ3) is 2.61. The summed E-state index contributed by atoms with van der Waals surface area (Å²) in [6, 6.07) is 3.43.